The van der Waals surface area contributed by atoms with E-state index in [4.69, 9.17) is 29.4 Å². The first-order valence-electron chi connectivity index (χ1n) is 20.9. The van der Waals surface area contributed by atoms with Gasteiger partial charge in [-0.1, -0.05) is 59.1 Å². The highest BCUT2D eigenvalue weighted by Gasteiger charge is 2.24. The lowest BCUT2D eigenvalue weighted by Gasteiger charge is -2.26. The standard InChI is InChI=1S/C48H39N11O2S2/c1-2-59-41-13-11-29(43-39(55-47(62-43)57-15-19-60-20-16-57)25-31(27-49)45-51-35-7-3-4-8-36(35)52-45)23-33(41)34-24-30(12-14-42(34)59)44-40(56-48(63-44)58-17-21-61-22-18-58)26-32(28-50)46-53-37-9-5-6-10-38(37)54-46/h3-14,23-26H,2,15-22H2,1H3,(H,51,52)(H,53,54)/b31-25-,32-26-. The van der Waals surface area contributed by atoms with Crippen LogP contribution in [-0.2, 0) is 16.0 Å². The number of nitriles is 2. The Kier molecular flexibility index (Phi) is 10.0. The molecule has 2 saturated heterocycles. The van der Waals surface area contributed by atoms with Crippen molar-refractivity contribution in [2.24, 2.45) is 0 Å². The third-order valence-corrected chi connectivity index (χ3v) is 14.0. The van der Waals surface area contributed by atoms with Gasteiger partial charge in [0.2, 0.25) is 0 Å². The summed E-state index contributed by atoms with van der Waals surface area (Å²) in [7, 11) is 0. The summed E-state index contributed by atoms with van der Waals surface area (Å²) >= 11 is 3.26. The Balaban J connectivity index is 1.05. The monoisotopic (exact) mass is 865 g/mol. The summed E-state index contributed by atoms with van der Waals surface area (Å²) < 4.78 is 13.7. The van der Waals surface area contributed by atoms with Crippen molar-refractivity contribution >= 4 is 100 Å². The molecule has 63 heavy (non-hydrogen) atoms. The number of allylic oxidation sites excluding steroid dienone is 2. The zero-order chi connectivity index (χ0) is 42.4. The molecule has 15 heteroatoms. The van der Waals surface area contributed by atoms with Crippen LogP contribution < -0.4 is 9.80 Å². The molecule has 0 aliphatic carbocycles. The van der Waals surface area contributed by atoms with E-state index in [1.165, 1.54) is 0 Å². The number of nitrogens with zero attached hydrogens (tertiary/aromatic N) is 9. The molecule has 0 radical (unpaired) electrons. The number of hydrogen-bond donors (Lipinski definition) is 2. The quantitative estimate of drug-likeness (QED) is 0.134. The lowest BCUT2D eigenvalue weighted by Crippen LogP contribution is -2.36. The van der Waals surface area contributed by atoms with Crippen molar-refractivity contribution < 1.29 is 9.47 Å². The maximum atomic E-state index is 10.5. The highest BCUT2D eigenvalue weighted by molar-refractivity contribution is 7.19. The summed E-state index contributed by atoms with van der Waals surface area (Å²) in [5, 5.41) is 24.9. The Morgan fingerprint density at radius 2 is 1.08 bits per heavy atom. The van der Waals surface area contributed by atoms with Crippen LogP contribution in [0.25, 0.3) is 88.1 Å². The summed E-state index contributed by atoms with van der Waals surface area (Å²) in [6.07, 6.45) is 3.72. The zero-order valence-electron chi connectivity index (χ0n) is 34.3. The van der Waals surface area contributed by atoms with Crippen molar-refractivity contribution in [1.29, 1.82) is 10.5 Å². The number of imidazole rings is 2. The number of benzene rings is 4. The maximum Gasteiger partial charge on any atom is 0.186 e. The van der Waals surface area contributed by atoms with E-state index in [0.29, 0.717) is 60.6 Å². The molecule has 5 aromatic heterocycles. The average Bonchev–Trinajstić information content (AvgIpc) is 4.18. The smallest absolute Gasteiger partial charge is 0.186 e. The van der Waals surface area contributed by atoms with Crippen LogP contribution in [0.15, 0.2) is 84.9 Å². The number of aromatic nitrogens is 7. The number of rotatable bonds is 9. The summed E-state index contributed by atoms with van der Waals surface area (Å²) in [6, 6.07) is 33.6. The number of thiazole rings is 2. The predicted octanol–water partition coefficient (Wildman–Crippen LogP) is 9.62. The highest BCUT2D eigenvalue weighted by atomic mass is 32.1. The van der Waals surface area contributed by atoms with Crippen molar-refractivity contribution in [2.75, 3.05) is 62.4 Å². The highest BCUT2D eigenvalue weighted by Crippen LogP contribution is 2.43. The number of para-hydroxylation sites is 4. The maximum absolute atomic E-state index is 10.5. The molecular formula is C48H39N11O2S2. The average molecular weight is 866 g/mol. The number of H-pyrrole nitrogens is 2. The third kappa shape index (κ3) is 7.11. The van der Waals surface area contributed by atoms with Gasteiger partial charge in [0.05, 0.1) is 80.8 Å². The van der Waals surface area contributed by atoms with Gasteiger partial charge in [-0.05, 0) is 78.7 Å². The Morgan fingerprint density at radius 3 is 1.49 bits per heavy atom. The molecule has 0 bridgehead atoms. The van der Waals surface area contributed by atoms with Gasteiger partial charge in [-0.15, -0.1) is 0 Å². The second-order valence-corrected chi connectivity index (χ2v) is 17.3. The molecule has 0 unspecified atom stereocenters. The Hall–Kier alpha value is -7.14. The van der Waals surface area contributed by atoms with Crippen LogP contribution in [0.5, 0.6) is 0 Å². The molecule has 310 valence electrons. The van der Waals surface area contributed by atoms with Gasteiger partial charge in [-0.2, -0.15) is 10.5 Å². The van der Waals surface area contributed by atoms with Gasteiger partial charge in [0, 0.05) is 54.5 Å². The first-order valence-corrected chi connectivity index (χ1v) is 22.6. The minimum absolute atomic E-state index is 0.408. The second-order valence-electron chi connectivity index (χ2n) is 15.4. The number of fused-ring (bicyclic) bond motifs is 5. The molecular weight excluding hydrogens is 827 g/mol. The lowest BCUT2D eigenvalue weighted by molar-refractivity contribution is 0.122. The van der Waals surface area contributed by atoms with Crippen LogP contribution in [0, 0.1) is 22.7 Å². The van der Waals surface area contributed by atoms with E-state index in [0.717, 1.165) is 108 Å². The Labute approximate surface area is 369 Å². The van der Waals surface area contributed by atoms with Crippen LogP contribution in [-0.4, -0.2) is 87.1 Å². The second kappa shape index (κ2) is 16.3. The topological polar surface area (TPSA) is 161 Å². The van der Waals surface area contributed by atoms with Gasteiger partial charge in [0.15, 0.2) is 10.3 Å². The molecule has 4 aromatic carbocycles. The van der Waals surface area contributed by atoms with E-state index in [9.17, 15) is 10.5 Å². The van der Waals surface area contributed by atoms with Crippen molar-refractivity contribution in [3.8, 4) is 33.0 Å². The van der Waals surface area contributed by atoms with Gasteiger partial charge >= 0.3 is 0 Å². The zero-order valence-corrected chi connectivity index (χ0v) is 35.9. The van der Waals surface area contributed by atoms with Gasteiger partial charge in [-0.25, -0.2) is 19.9 Å². The van der Waals surface area contributed by atoms with E-state index < -0.39 is 0 Å². The van der Waals surface area contributed by atoms with Crippen molar-refractivity contribution in [3.05, 3.63) is 108 Å². The molecule has 0 spiro atoms. The minimum Gasteiger partial charge on any atom is -0.378 e. The first-order chi connectivity index (χ1) is 31.0. The molecule has 2 aliphatic rings. The molecule has 11 rings (SSSR count). The number of anilines is 2. The van der Waals surface area contributed by atoms with Crippen molar-refractivity contribution in [2.45, 2.75) is 13.5 Å². The summed E-state index contributed by atoms with van der Waals surface area (Å²) in [5.74, 6) is 1.02. The number of aromatic amines is 2. The van der Waals surface area contributed by atoms with Crippen LogP contribution in [0.1, 0.15) is 30.0 Å². The molecule has 2 fully saturated rings. The molecule has 0 atom stereocenters. The summed E-state index contributed by atoms with van der Waals surface area (Å²) in [5.41, 5.74) is 9.85. The van der Waals surface area contributed by atoms with Gasteiger partial charge in [-0.3, -0.25) is 0 Å². The van der Waals surface area contributed by atoms with Crippen molar-refractivity contribution in [1.82, 2.24) is 34.5 Å². The molecule has 0 amide bonds. The number of ether oxygens (including phenoxy) is 2. The van der Waals surface area contributed by atoms with E-state index in [1.54, 1.807) is 22.7 Å². The van der Waals surface area contributed by atoms with Crippen LogP contribution >= 0.6 is 22.7 Å². The third-order valence-electron chi connectivity index (χ3n) is 11.6. The molecule has 7 heterocycles. The van der Waals surface area contributed by atoms with Crippen LogP contribution in [0.2, 0.25) is 0 Å². The number of hydrogen-bond acceptors (Lipinski definition) is 12. The molecule has 9 aromatic rings. The fourth-order valence-corrected chi connectivity index (χ4v) is 10.7. The fourth-order valence-electron chi connectivity index (χ4n) is 8.50. The molecule has 2 N–H and O–H groups in total. The summed E-state index contributed by atoms with van der Waals surface area (Å²) in [6.45, 7) is 8.47. The fraction of sp³-hybridized carbons (Fsp3) is 0.208. The minimum atomic E-state index is 0.408. The molecule has 2 aliphatic heterocycles. The van der Waals surface area contributed by atoms with Gasteiger partial charge < -0.3 is 33.8 Å². The molecule has 13 nitrogen and oxygen atoms in total. The Bertz CT molecular complexity index is 3070. The van der Waals surface area contributed by atoms with Crippen LogP contribution in [0.4, 0.5) is 10.3 Å². The Morgan fingerprint density at radius 1 is 0.635 bits per heavy atom. The number of nitrogens with one attached hydrogen (secondary N) is 2. The first kappa shape index (κ1) is 38.8. The lowest BCUT2D eigenvalue weighted by atomic mass is 10.0. The molecule has 0 saturated carbocycles. The normalized spacial score (nSPS) is 15.2. The van der Waals surface area contributed by atoms with E-state index in [1.807, 2.05) is 60.7 Å². The number of morpholine rings is 2. The van der Waals surface area contributed by atoms with E-state index in [-0.39, 0.29) is 0 Å². The summed E-state index contributed by atoms with van der Waals surface area (Å²) in [4.78, 5) is 32.9. The number of aryl methyl sites for hydroxylation is 1. The van der Waals surface area contributed by atoms with E-state index >= 15 is 0 Å². The van der Waals surface area contributed by atoms with Gasteiger partial charge in [0.25, 0.3) is 0 Å². The largest absolute Gasteiger partial charge is 0.378 e. The predicted molar refractivity (Wildman–Crippen MR) is 253 cm³/mol. The van der Waals surface area contributed by atoms with Gasteiger partial charge in [0.1, 0.15) is 23.8 Å². The van der Waals surface area contributed by atoms with E-state index in [2.05, 4.69) is 79.8 Å². The SMILES string of the molecule is CCn1c2ccc(-c3sc(N4CCOCC4)nc3/C=C(/C#N)c3nc4ccccc4[nH]3)cc2c2cc(-c3sc(N4CCOCC4)nc3/C=C(/C#N)c3nc4ccccc4[nH]3)ccc21. The van der Waals surface area contributed by atoms with Crippen molar-refractivity contribution in [3.63, 3.8) is 0 Å². The van der Waals surface area contributed by atoms with Crippen LogP contribution in [0.3, 0.4) is 0 Å².